The van der Waals surface area contributed by atoms with Gasteiger partial charge in [-0.1, -0.05) is 22.0 Å². The van der Waals surface area contributed by atoms with E-state index in [0.29, 0.717) is 11.1 Å². The smallest absolute Gasteiger partial charge is 0.328 e. The van der Waals surface area contributed by atoms with Crippen LogP contribution in [0.2, 0.25) is 0 Å². The summed E-state index contributed by atoms with van der Waals surface area (Å²) in [4.78, 5) is 22.0. The van der Waals surface area contributed by atoms with Crippen LogP contribution in [0, 0.1) is 0 Å². The summed E-state index contributed by atoms with van der Waals surface area (Å²) in [6.45, 7) is 0. The van der Waals surface area contributed by atoms with Crippen molar-refractivity contribution in [2.45, 2.75) is 6.42 Å². The Kier molecular flexibility index (Phi) is 5.38. The van der Waals surface area contributed by atoms with Crippen LogP contribution in [0.25, 0.3) is 6.08 Å². The molecule has 0 amide bonds. The molecule has 0 saturated carbocycles. The molecule has 1 rings (SSSR count). The van der Waals surface area contributed by atoms with Crippen molar-refractivity contribution in [1.82, 2.24) is 0 Å². The van der Waals surface area contributed by atoms with E-state index in [9.17, 15) is 9.59 Å². The van der Waals surface area contributed by atoms with Gasteiger partial charge in [0.1, 0.15) is 0 Å². The molecular weight excluding hydrogens is 307 g/mol. The Morgan fingerprint density at radius 1 is 1.41 bits per heavy atom. The molecule has 0 aliphatic rings. The van der Waals surface area contributed by atoms with Crippen LogP contribution in [0.5, 0.6) is 0 Å². The Morgan fingerprint density at radius 2 is 2.12 bits per heavy atom. The summed E-state index contributed by atoms with van der Waals surface area (Å²) in [5.41, 5.74) is 1.17. The number of carboxylic acids is 1. The third kappa shape index (κ3) is 4.32. The highest BCUT2D eigenvalue weighted by Gasteiger charge is 2.07. The molecule has 1 N–H and O–H groups in total. The lowest BCUT2D eigenvalue weighted by Crippen LogP contribution is -2.00. The van der Waals surface area contributed by atoms with E-state index in [1.54, 1.807) is 18.2 Å². The third-order valence-corrected chi connectivity index (χ3v) is 2.96. The normalized spacial score (nSPS) is 10.7. The van der Waals surface area contributed by atoms with Gasteiger partial charge in [-0.15, -0.1) is 11.6 Å². The van der Waals surface area contributed by atoms with Gasteiger partial charge in [0.2, 0.25) is 0 Å². The molecule has 0 aliphatic heterocycles. The van der Waals surface area contributed by atoms with Crippen LogP contribution in [0.4, 0.5) is 0 Å². The van der Waals surface area contributed by atoms with E-state index in [0.717, 1.165) is 10.5 Å². The lowest BCUT2D eigenvalue weighted by Gasteiger charge is -2.03. The average Bonchev–Trinajstić information content (AvgIpc) is 2.28. The zero-order valence-corrected chi connectivity index (χ0v) is 11.2. The minimum absolute atomic E-state index is 0.0579. The second-order valence-corrected chi connectivity index (χ2v) is 4.50. The SMILES string of the molecule is O=C(O)/C=C/c1cc(C(=O)CCCl)ccc1Br. The number of alkyl halides is 1. The van der Waals surface area contributed by atoms with E-state index in [1.165, 1.54) is 6.08 Å². The summed E-state index contributed by atoms with van der Waals surface area (Å²) in [6, 6.07) is 5.03. The second kappa shape index (κ2) is 6.57. The molecule has 0 aromatic heterocycles. The first-order valence-electron chi connectivity index (χ1n) is 4.84. The molecule has 1 aromatic carbocycles. The van der Waals surface area contributed by atoms with Crippen molar-refractivity contribution in [3.8, 4) is 0 Å². The highest BCUT2D eigenvalue weighted by molar-refractivity contribution is 9.10. The zero-order valence-electron chi connectivity index (χ0n) is 8.82. The summed E-state index contributed by atoms with van der Waals surface area (Å²) < 4.78 is 0.734. The van der Waals surface area contributed by atoms with Gasteiger partial charge in [-0.2, -0.15) is 0 Å². The fourth-order valence-electron chi connectivity index (χ4n) is 1.24. The number of halogens is 2. The number of hydrogen-bond donors (Lipinski definition) is 1. The molecule has 1 aromatic rings. The summed E-state index contributed by atoms with van der Waals surface area (Å²) in [5, 5.41) is 8.54. The minimum atomic E-state index is -1.03. The highest BCUT2D eigenvalue weighted by atomic mass is 79.9. The molecule has 0 unspecified atom stereocenters. The molecule has 0 saturated heterocycles. The molecule has 0 fully saturated rings. The topological polar surface area (TPSA) is 54.4 Å². The molecule has 0 spiro atoms. The number of benzene rings is 1. The standard InChI is InChI=1S/C12H10BrClO3/c13-10-3-1-9(11(15)5-6-14)7-8(10)2-4-12(16)17/h1-4,7H,5-6H2,(H,16,17)/b4-2+. The van der Waals surface area contributed by atoms with E-state index in [4.69, 9.17) is 16.7 Å². The molecular formula is C12H10BrClO3. The van der Waals surface area contributed by atoms with Gasteiger partial charge in [-0.05, 0) is 23.8 Å². The van der Waals surface area contributed by atoms with Crippen molar-refractivity contribution in [3.05, 3.63) is 39.9 Å². The lowest BCUT2D eigenvalue weighted by molar-refractivity contribution is -0.131. The van der Waals surface area contributed by atoms with Crippen molar-refractivity contribution in [2.24, 2.45) is 0 Å². The van der Waals surface area contributed by atoms with Crippen molar-refractivity contribution >= 4 is 45.4 Å². The monoisotopic (exact) mass is 316 g/mol. The molecule has 0 bridgehead atoms. The molecule has 5 heteroatoms. The quantitative estimate of drug-likeness (QED) is 0.515. The maximum Gasteiger partial charge on any atom is 0.328 e. The van der Waals surface area contributed by atoms with Crippen molar-refractivity contribution in [2.75, 3.05) is 5.88 Å². The van der Waals surface area contributed by atoms with E-state index in [-0.39, 0.29) is 18.1 Å². The Hall–Kier alpha value is -1.13. The van der Waals surface area contributed by atoms with Gasteiger partial charge in [-0.3, -0.25) is 4.79 Å². The molecule has 90 valence electrons. The first-order chi connectivity index (χ1) is 8.04. The van der Waals surface area contributed by atoms with E-state index in [2.05, 4.69) is 15.9 Å². The van der Waals surface area contributed by atoms with Crippen LogP contribution in [0.15, 0.2) is 28.7 Å². The van der Waals surface area contributed by atoms with Gasteiger partial charge in [0.25, 0.3) is 0 Å². The first-order valence-corrected chi connectivity index (χ1v) is 6.17. The van der Waals surface area contributed by atoms with Gasteiger partial charge in [0, 0.05) is 28.4 Å². The molecule has 17 heavy (non-hydrogen) atoms. The zero-order chi connectivity index (χ0) is 12.8. The maximum absolute atomic E-state index is 11.6. The number of carbonyl (C=O) groups excluding carboxylic acids is 1. The largest absolute Gasteiger partial charge is 0.478 e. The number of aliphatic carboxylic acids is 1. The van der Waals surface area contributed by atoms with Crippen molar-refractivity contribution in [1.29, 1.82) is 0 Å². The first kappa shape index (κ1) is 13.9. The van der Waals surface area contributed by atoms with Crippen LogP contribution in [0.1, 0.15) is 22.3 Å². The number of Topliss-reactive ketones (excluding diaryl/α,β-unsaturated/α-hetero) is 1. The van der Waals surface area contributed by atoms with Gasteiger partial charge in [-0.25, -0.2) is 4.79 Å². The maximum atomic E-state index is 11.6. The van der Waals surface area contributed by atoms with E-state index < -0.39 is 5.97 Å². The molecule has 0 aliphatic carbocycles. The predicted octanol–water partition coefficient (Wildman–Crippen LogP) is 3.36. The Balaban J connectivity index is 3.02. The number of ketones is 1. The third-order valence-electron chi connectivity index (χ3n) is 2.04. The Labute approximate surface area is 112 Å². The molecule has 0 radical (unpaired) electrons. The van der Waals surface area contributed by atoms with Gasteiger partial charge in [0.05, 0.1) is 0 Å². The fourth-order valence-corrected chi connectivity index (χ4v) is 1.79. The summed E-state index contributed by atoms with van der Waals surface area (Å²) in [6.07, 6.45) is 2.73. The molecule has 3 nitrogen and oxygen atoms in total. The lowest BCUT2D eigenvalue weighted by atomic mass is 10.1. The highest BCUT2D eigenvalue weighted by Crippen LogP contribution is 2.20. The van der Waals surface area contributed by atoms with Gasteiger partial charge < -0.3 is 5.11 Å². The summed E-state index contributed by atoms with van der Waals surface area (Å²) in [5.74, 6) is -0.818. The van der Waals surface area contributed by atoms with Gasteiger partial charge in [0.15, 0.2) is 5.78 Å². The van der Waals surface area contributed by atoms with Crippen molar-refractivity contribution in [3.63, 3.8) is 0 Å². The minimum Gasteiger partial charge on any atom is -0.478 e. The summed E-state index contributed by atoms with van der Waals surface area (Å²) in [7, 11) is 0. The van der Waals surface area contributed by atoms with Crippen LogP contribution in [0.3, 0.4) is 0 Å². The molecule has 0 heterocycles. The van der Waals surface area contributed by atoms with Crippen LogP contribution >= 0.6 is 27.5 Å². The van der Waals surface area contributed by atoms with E-state index >= 15 is 0 Å². The summed E-state index contributed by atoms with van der Waals surface area (Å²) >= 11 is 8.79. The van der Waals surface area contributed by atoms with Crippen LogP contribution < -0.4 is 0 Å². The predicted molar refractivity (Wildman–Crippen MR) is 70.5 cm³/mol. The number of carbonyl (C=O) groups is 2. The Bertz CT molecular complexity index is 469. The number of rotatable bonds is 5. The average molecular weight is 318 g/mol. The number of carboxylic acid groups (broad SMARTS) is 1. The van der Waals surface area contributed by atoms with Crippen LogP contribution in [-0.2, 0) is 4.79 Å². The molecule has 0 atom stereocenters. The van der Waals surface area contributed by atoms with Gasteiger partial charge >= 0.3 is 5.97 Å². The number of hydrogen-bond acceptors (Lipinski definition) is 2. The van der Waals surface area contributed by atoms with E-state index in [1.807, 2.05) is 0 Å². The fraction of sp³-hybridized carbons (Fsp3) is 0.167. The second-order valence-electron chi connectivity index (χ2n) is 3.27. The van der Waals surface area contributed by atoms with Crippen LogP contribution in [-0.4, -0.2) is 22.7 Å². The Morgan fingerprint density at radius 3 is 2.71 bits per heavy atom. The van der Waals surface area contributed by atoms with Crippen molar-refractivity contribution < 1.29 is 14.7 Å².